The van der Waals surface area contributed by atoms with Crippen LogP contribution in [0.3, 0.4) is 0 Å². The van der Waals surface area contributed by atoms with Crippen LogP contribution in [0, 0.1) is 0 Å². The van der Waals surface area contributed by atoms with E-state index in [0.717, 1.165) is 0 Å². The van der Waals surface area contributed by atoms with Gasteiger partial charge in [0.15, 0.2) is 0 Å². The molecule has 0 aromatic heterocycles. The summed E-state index contributed by atoms with van der Waals surface area (Å²) in [6, 6.07) is 1.31. The highest BCUT2D eigenvalue weighted by Crippen LogP contribution is 2.39. The average Bonchev–Trinajstić information content (AvgIpc) is 2.87. The van der Waals surface area contributed by atoms with Crippen LogP contribution in [0.4, 0.5) is 0 Å². The number of unbranched alkanes of at least 4 members (excludes halogenated alkanes) is 2. The smallest absolute Gasteiger partial charge is 0.267 e. The molecule has 1 unspecified atom stereocenters. The lowest BCUT2D eigenvalue weighted by Gasteiger charge is -2.31. The molecule has 0 N–H and O–H groups in total. The summed E-state index contributed by atoms with van der Waals surface area (Å²) in [5, 5.41) is 0.443. The van der Waals surface area contributed by atoms with Gasteiger partial charge < -0.3 is 13.4 Å². The van der Waals surface area contributed by atoms with Crippen molar-refractivity contribution in [3.8, 4) is 0 Å². The van der Waals surface area contributed by atoms with Crippen molar-refractivity contribution in [1.29, 1.82) is 0 Å². The number of hydrogen-bond acceptors (Lipinski definition) is 3. The third-order valence-corrected chi connectivity index (χ3v) is 11.0. The molecule has 0 amide bonds. The van der Waals surface area contributed by atoms with E-state index in [1.54, 1.807) is 0 Å². The fourth-order valence-corrected chi connectivity index (χ4v) is 7.39. The van der Waals surface area contributed by atoms with Crippen LogP contribution in [0.25, 0.3) is 0 Å². The molecular weight excluding hydrogens is 294 g/mol. The molecule has 1 aliphatic heterocycles. The van der Waals surface area contributed by atoms with Crippen molar-refractivity contribution in [2.75, 3.05) is 27.3 Å². The Kier molecular flexibility index (Phi) is 8.71. The molecule has 1 rings (SSSR count). The highest BCUT2D eigenvalue weighted by Gasteiger charge is 2.39. The summed E-state index contributed by atoms with van der Waals surface area (Å²) in [7, 11) is 2.92. The molecule has 0 saturated carbocycles. The van der Waals surface area contributed by atoms with E-state index in [1.807, 2.05) is 14.2 Å². The molecule has 1 heterocycles. The SMILES string of the molecule is CCC(CC)(CCCCCN1CCC[Si]1(C)OC)[Si]OC. The molecule has 0 spiro atoms. The highest BCUT2D eigenvalue weighted by atomic mass is 28.4. The molecule has 1 fully saturated rings. The first-order valence-corrected chi connectivity index (χ1v) is 12.1. The Morgan fingerprint density at radius 2 is 1.86 bits per heavy atom. The Morgan fingerprint density at radius 3 is 2.43 bits per heavy atom. The Hall–Kier alpha value is 0.314. The molecule has 1 aliphatic rings. The maximum absolute atomic E-state index is 5.84. The maximum atomic E-state index is 5.84. The van der Waals surface area contributed by atoms with Crippen molar-refractivity contribution >= 4 is 18.2 Å². The van der Waals surface area contributed by atoms with E-state index in [4.69, 9.17) is 8.85 Å². The summed E-state index contributed by atoms with van der Waals surface area (Å²) < 4.78 is 14.0. The molecule has 5 heteroatoms. The quantitative estimate of drug-likeness (QED) is 0.418. The first-order valence-electron chi connectivity index (χ1n) is 8.66. The van der Waals surface area contributed by atoms with Gasteiger partial charge in [0.05, 0.1) is 0 Å². The van der Waals surface area contributed by atoms with E-state index in [0.29, 0.717) is 14.8 Å². The van der Waals surface area contributed by atoms with Crippen LogP contribution in [0.15, 0.2) is 0 Å². The van der Waals surface area contributed by atoms with Crippen molar-refractivity contribution in [1.82, 2.24) is 4.57 Å². The minimum Gasteiger partial charge on any atom is -0.420 e. The Labute approximate surface area is 135 Å². The summed E-state index contributed by atoms with van der Waals surface area (Å²) in [5.74, 6) is 0. The molecule has 2 radical (unpaired) electrons. The fraction of sp³-hybridized carbons (Fsp3) is 1.00. The van der Waals surface area contributed by atoms with Gasteiger partial charge >= 0.3 is 0 Å². The molecule has 0 aliphatic carbocycles. The van der Waals surface area contributed by atoms with Gasteiger partial charge in [0.2, 0.25) is 9.76 Å². The van der Waals surface area contributed by atoms with Crippen LogP contribution in [0.2, 0.25) is 17.6 Å². The maximum Gasteiger partial charge on any atom is 0.267 e. The van der Waals surface area contributed by atoms with Crippen LogP contribution in [0.5, 0.6) is 0 Å². The van der Waals surface area contributed by atoms with E-state index in [9.17, 15) is 0 Å². The largest absolute Gasteiger partial charge is 0.420 e. The van der Waals surface area contributed by atoms with Gasteiger partial charge in [-0.1, -0.05) is 39.5 Å². The van der Waals surface area contributed by atoms with Gasteiger partial charge in [-0.05, 0) is 50.0 Å². The number of hydrogen-bond donors (Lipinski definition) is 0. The predicted octanol–water partition coefficient (Wildman–Crippen LogP) is 4.22. The second kappa shape index (κ2) is 9.45. The monoisotopic (exact) mass is 329 g/mol. The minimum absolute atomic E-state index is 0.443. The zero-order valence-electron chi connectivity index (χ0n) is 14.8. The van der Waals surface area contributed by atoms with E-state index in [-0.39, 0.29) is 0 Å². The molecular formula is C16H35NO2Si2. The summed E-state index contributed by atoms with van der Waals surface area (Å²) in [4.78, 5) is 0. The van der Waals surface area contributed by atoms with Crippen molar-refractivity contribution in [3.63, 3.8) is 0 Å². The Balaban J connectivity index is 2.25. The molecule has 0 aromatic carbocycles. The van der Waals surface area contributed by atoms with Crippen molar-refractivity contribution in [3.05, 3.63) is 0 Å². The van der Waals surface area contributed by atoms with Gasteiger partial charge in [0, 0.05) is 14.2 Å². The molecule has 0 aromatic rings. The van der Waals surface area contributed by atoms with Crippen molar-refractivity contribution in [2.45, 2.75) is 76.4 Å². The lowest BCUT2D eigenvalue weighted by atomic mass is 9.94. The lowest BCUT2D eigenvalue weighted by molar-refractivity contribution is 0.309. The molecule has 1 saturated heterocycles. The average molecular weight is 330 g/mol. The van der Waals surface area contributed by atoms with Crippen LogP contribution in [-0.2, 0) is 8.85 Å². The minimum atomic E-state index is -1.50. The van der Waals surface area contributed by atoms with Crippen molar-refractivity contribution < 1.29 is 8.85 Å². The van der Waals surface area contributed by atoms with Crippen LogP contribution >= 0.6 is 0 Å². The van der Waals surface area contributed by atoms with Gasteiger partial charge in [-0.15, -0.1) is 0 Å². The summed E-state index contributed by atoms with van der Waals surface area (Å²) >= 11 is 0. The summed E-state index contributed by atoms with van der Waals surface area (Å²) in [5.41, 5.74) is 0. The molecule has 3 nitrogen and oxygen atoms in total. The highest BCUT2D eigenvalue weighted by molar-refractivity contribution is 6.70. The van der Waals surface area contributed by atoms with E-state index < -0.39 is 8.48 Å². The third-order valence-electron chi connectivity index (χ3n) is 5.43. The number of nitrogens with zero attached hydrogens (tertiary/aromatic N) is 1. The second-order valence-electron chi connectivity index (χ2n) is 6.57. The second-order valence-corrected chi connectivity index (χ2v) is 12.1. The topological polar surface area (TPSA) is 21.7 Å². The van der Waals surface area contributed by atoms with Gasteiger partial charge in [-0.3, -0.25) is 0 Å². The summed E-state index contributed by atoms with van der Waals surface area (Å²) in [6.07, 6.45) is 9.17. The van der Waals surface area contributed by atoms with E-state index in [2.05, 4.69) is 25.0 Å². The molecule has 0 bridgehead atoms. The Bertz CT molecular complexity index is 287. The van der Waals surface area contributed by atoms with Gasteiger partial charge in [0.25, 0.3) is 8.48 Å². The molecule has 21 heavy (non-hydrogen) atoms. The van der Waals surface area contributed by atoms with Crippen LogP contribution in [-0.4, -0.2) is 50.1 Å². The lowest BCUT2D eigenvalue weighted by Crippen LogP contribution is -2.48. The zero-order chi connectivity index (χ0) is 15.8. The van der Waals surface area contributed by atoms with E-state index in [1.165, 1.54) is 64.1 Å². The fourth-order valence-electron chi connectivity index (χ4n) is 3.53. The van der Waals surface area contributed by atoms with Gasteiger partial charge in [-0.25, -0.2) is 0 Å². The zero-order valence-corrected chi connectivity index (χ0v) is 16.8. The van der Waals surface area contributed by atoms with Gasteiger partial charge in [0.1, 0.15) is 0 Å². The molecule has 124 valence electrons. The van der Waals surface area contributed by atoms with Crippen molar-refractivity contribution in [2.24, 2.45) is 0 Å². The first-order chi connectivity index (χ1) is 10.1. The van der Waals surface area contributed by atoms with Gasteiger partial charge in [-0.2, -0.15) is 0 Å². The van der Waals surface area contributed by atoms with E-state index >= 15 is 0 Å². The molecule has 1 atom stereocenters. The van der Waals surface area contributed by atoms with Crippen LogP contribution < -0.4 is 0 Å². The first kappa shape index (κ1) is 19.4. The summed E-state index contributed by atoms with van der Waals surface area (Å²) in [6.45, 7) is 9.51. The predicted molar refractivity (Wildman–Crippen MR) is 94.1 cm³/mol. The number of rotatable bonds is 11. The standard InChI is InChI=1S/C16H35NO2Si2/c1-6-16(7-2,20-18-3)12-9-8-10-13-17-14-11-15-21(17,5)19-4/h6-15H2,1-5H3. The van der Waals surface area contributed by atoms with Crippen LogP contribution in [0.1, 0.15) is 58.8 Å². The normalized spacial score (nSPS) is 23.9. The third kappa shape index (κ3) is 5.46. The Morgan fingerprint density at radius 1 is 1.14 bits per heavy atom.